The van der Waals surface area contributed by atoms with Gasteiger partial charge in [0.1, 0.15) is 0 Å². The summed E-state index contributed by atoms with van der Waals surface area (Å²) in [5.74, 6) is 0. The van der Waals surface area contributed by atoms with E-state index >= 15 is 0 Å². The minimum Gasteiger partial charge on any atom is -0.303 e. The molecule has 0 radical (unpaired) electrons. The van der Waals surface area contributed by atoms with Crippen LogP contribution in [-0.2, 0) is 4.57 Å². The molecule has 0 aliphatic carbocycles. The van der Waals surface area contributed by atoms with Crippen molar-refractivity contribution >= 4 is 7.82 Å². The molecule has 1 heterocycles. The van der Waals surface area contributed by atoms with Crippen LogP contribution in [0.25, 0.3) is 11.1 Å². The molecule has 1 aromatic heterocycles. The van der Waals surface area contributed by atoms with E-state index < -0.39 is 7.82 Å². The maximum absolute atomic E-state index is 8.88. The molecule has 0 unspecified atom stereocenters. The van der Waals surface area contributed by atoms with E-state index in [1.165, 1.54) is 11.1 Å². The van der Waals surface area contributed by atoms with Crippen molar-refractivity contribution in [1.82, 2.24) is 10.2 Å². The first kappa shape index (κ1) is 13.6. The molecule has 17 heavy (non-hydrogen) atoms. The van der Waals surface area contributed by atoms with Gasteiger partial charge >= 0.3 is 7.82 Å². The van der Waals surface area contributed by atoms with Crippen LogP contribution in [0.15, 0.2) is 36.5 Å². The van der Waals surface area contributed by atoms with Gasteiger partial charge in [-0.1, -0.05) is 30.3 Å². The van der Waals surface area contributed by atoms with Crippen LogP contribution in [0.5, 0.6) is 0 Å². The number of benzene rings is 1. The molecule has 0 saturated carbocycles. The standard InChI is InChI=1S/C10H10N2.H3O4P/c1-8-10(7-11-12-8)9-5-3-2-4-6-9;1-5(2,3)4/h2-7H,1H3,(H,11,12);(H3,1,2,3,4). The molecule has 0 amide bonds. The maximum atomic E-state index is 8.88. The predicted octanol–water partition coefficient (Wildman–Crippen LogP) is 1.46. The molecule has 2 rings (SSSR count). The van der Waals surface area contributed by atoms with Crippen molar-refractivity contribution in [3.8, 4) is 11.1 Å². The topological polar surface area (TPSA) is 106 Å². The first-order valence-electron chi connectivity index (χ1n) is 4.71. The van der Waals surface area contributed by atoms with Crippen LogP contribution >= 0.6 is 7.82 Å². The van der Waals surface area contributed by atoms with Gasteiger partial charge in [-0.05, 0) is 12.5 Å². The van der Waals surface area contributed by atoms with Gasteiger partial charge in [-0.2, -0.15) is 5.10 Å². The molecule has 6 nitrogen and oxygen atoms in total. The summed E-state index contributed by atoms with van der Waals surface area (Å²) in [4.78, 5) is 21.6. The summed E-state index contributed by atoms with van der Waals surface area (Å²) in [6.45, 7) is 2.02. The summed E-state index contributed by atoms with van der Waals surface area (Å²) >= 11 is 0. The highest BCUT2D eigenvalue weighted by molar-refractivity contribution is 7.45. The number of aromatic nitrogens is 2. The van der Waals surface area contributed by atoms with E-state index in [-0.39, 0.29) is 0 Å². The quantitative estimate of drug-likeness (QED) is 0.578. The van der Waals surface area contributed by atoms with Crippen LogP contribution in [0.2, 0.25) is 0 Å². The normalized spacial score (nSPS) is 10.6. The number of H-pyrrole nitrogens is 1. The van der Waals surface area contributed by atoms with Crippen molar-refractivity contribution in [1.29, 1.82) is 0 Å². The second-order valence-corrected chi connectivity index (χ2v) is 4.31. The summed E-state index contributed by atoms with van der Waals surface area (Å²) in [6.07, 6.45) is 1.85. The Morgan fingerprint density at radius 2 is 1.71 bits per heavy atom. The largest absolute Gasteiger partial charge is 0.466 e. The number of hydrogen-bond acceptors (Lipinski definition) is 2. The Labute approximate surface area is 98.2 Å². The van der Waals surface area contributed by atoms with Crippen molar-refractivity contribution in [3.63, 3.8) is 0 Å². The van der Waals surface area contributed by atoms with Gasteiger partial charge in [-0.25, -0.2) is 4.57 Å². The highest BCUT2D eigenvalue weighted by atomic mass is 31.2. The van der Waals surface area contributed by atoms with Gasteiger partial charge < -0.3 is 14.7 Å². The lowest BCUT2D eigenvalue weighted by Gasteiger charge is -1.96. The fourth-order valence-corrected chi connectivity index (χ4v) is 1.26. The van der Waals surface area contributed by atoms with Gasteiger partial charge in [-0.15, -0.1) is 0 Å². The highest BCUT2D eigenvalue weighted by Gasteiger charge is 2.01. The van der Waals surface area contributed by atoms with Crippen LogP contribution in [0.3, 0.4) is 0 Å². The number of aryl methyl sites for hydroxylation is 1. The first-order valence-corrected chi connectivity index (χ1v) is 6.28. The SMILES string of the molecule is Cc1[nH]ncc1-c1ccccc1.O=P(O)(O)O. The second kappa shape index (κ2) is 5.75. The summed E-state index contributed by atoms with van der Waals surface area (Å²) in [5, 5.41) is 6.89. The fourth-order valence-electron chi connectivity index (χ4n) is 1.26. The third-order valence-electron chi connectivity index (χ3n) is 1.91. The van der Waals surface area contributed by atoms with Crippen LogP contribution in [0, 0.1) is 6.92 Å². The van der Waals surface area contributed by atoms with Gasteiger partial charge in [0.15, 0.2) is 0 Å². The van der Waals surface area contributed by atoms with E-state index in [1.807, 2.05) is 31.3 Å². The van der Waals surface area contributed by atoms with Crippen LogP contribution in [-0.4, -0.2) is 24.9 Å². The van der Waals surface area contributed by atoms with Crippen LogP contribution < -0.4 is 0 Å². The minimum atomic E-state index is -4.64. The van der Waals surface area contributed by atoms with Crippen molar-refractivity contribution < 1.29 is 19.2 Å². The summed E-state index contributed by atoms with van der Waals surface area (Å²) < 4.78 is 8.88. The molecule has 7 heteroatoms. The van der Waals surface area contributed by atoms with E-state index in [2.05, 4.69) is 22.3 Å². The summed E-state index contributed by atoms with van der Waals surface area (Å²) in [5.41, 5.74) is 3.50. The second-order valence-electron chi connectivity index (χ2n) is 3.29. The average Bonchev–Trinajstić information content (AvgIpc) is 2.63. The number of nitrogens with zero attached hydrogens (tertiary/aromatic N) is 1. The molecule has 1 aromatic carbocycles. The maximum Gasteiger partial charge on any atom is 0.466 e. The summed E-state index contributed by atoms with van der Waals surface area (Å²) in [7, 11) is -4.64. The number of nitrogens with one attached hydrogen (secondary N) is 1. The van der Waals surface area contributed by atoms with Crippen LogP contribution in [0.1, 0.15) is 5.69 Å². The minimum absolute atomic E-state index is 1.11. The van der Waals surface area contributed by atoms with Crippen molar-refractivity contribution in [2.45, 2.75) is 6.92 Å². The van der Waals surface area contributed by atoms with Crippen molar-refractivity contribution in [2.24, 2.45) is 0 Å². The molecular formula is C10H13N2O4P. The number of aromatic amines is 1. The van der Waals surface area contributed by atoms with Gasteiger partial charge in [0.25, 0.3) is 0 Å². The predicted molar refractivity (Wildman–Crippen MR) is 63.0 cm³/mol. The molecule has 92 valence electrons. The molecule has 0 fully saturated rings. The first-order chi connectivity index (χ1) is 7.88. The molecule has 0 spiro atoms. The fraction of sp³-hybridized carbons (Fsp3) is 0.100. The molecule has 0 aliphatic heterocycles. The van der Waals surface area contributed by atoms with Gasteiger partial charge in [0.2, 0.25) is 0 Å². The Kier molecular flexibility index (Phi) is 4.60. The molecule has 0 bridgehead atoms. The zero-order chi connectivity index (χ0) is 12.9. The lowest BCUT2D eigenvalue weighted by Crippen LogP contribution is -1.76. The number of hydrogen-bond donors (Lipinski definition) is 4. The van der Waals surface area contributed by atoms with E-state index in [0.717, 1.165) is 5.69 Å². The Balaban J connectivity index is 0.000000249. The Morgan fingerprint density at radius 3 is 2.12 bits per heavy atom. The molecule has 2 aromatic rings. The molecule has 4 N–H and O–H groups in total. The van der Waals surface area contributed by atoms with Gasteiger partial charge in [0, 0.05) is 11.3 Å². The third-order valence-corrected chi connectivity index (χ3v) is 1.91. The smallest absolute Gasteiger partial charge is 0.303 e. The zero-order valence-corrected chi connectivity index (χ0v) is 10.0. The molecule has 0 saturated heterocycles. The van der Waals surface area contributed by atoms with Crippen molar-refractivity contribution in [3.05, 3.63) is 42.2 Å². The van der Waals surface area contributed by atoms with Gasteiger partial charge in [0.05, 0.1) is 6.20 Å². The molecule has 0 aliphatic rings. The highest BCUT2D eigenvalue weighted by Crippen LogP contribution is 2.25. The lowest BCUT2D eigenvalue weighted by atomic mass is 10.1. The molecule has 0 atom stereocenters. The molecular weight excluding hydrogens is 243 g/mol. The third kappa shape index (κ3) is 5.42. The van der Waals surface area contributed by atoms with E-state index in [1.54, 1.807) is 0 Å². The average molecular weight is 256 g/mol. The number of phosphoric acid groups is 1. The lowest BCUT2D eigenvalue weighted by molar-refractivity contribution is 0.275. The number of rotatable bonds is 1. The van der Waals surface area contributed by atoms with E-state index in [4.69, 9.17) is 19.2 Å². The Bertz CT molecular complexity index is 498. The van der Waals surface area contributed by atoms with Crippen LogP contribution in [0.4, 0.5) is 0 Å². The Hall–Kier alpha value is -1.46. The Morgan fingerprint density at radius 1 is 1.18 bits per heavy atom. The van der Waals surface area contributed by atoms with E-state index in [0.29, 0.717) is 0 Å². The monoisotopic (exact) mass is 256 g/mol. The van der Waals surface area contributed by atoms with Gasteiger partial charge in [-0.3, -0.25) is 5.10 Å². The zero-order valence-electron chi connectivity index (χ0n) is 9.11. The van der Waals surface area contributed by atoms with E-state index in [9.17, 15) is 0 Å². The van der Waals surface area contributed by atoms with Crippen molar-refractivity contribution in [2.75, 3.05) is 0 Å². The summed E-state index contributed by atoms with van der Waals surface area (Å²) in [6, 6.07) is 10.2.